The average Bonchev–Trinajstić information content (AvgIpc) is 2.71. The summed E-state index contributed by atoms with van der Waals surface area (Å²) in [6, 6.07) is 0. The Hall–Kier alpha value is -1.04. The molecule has 0 unspecified atom stereocenters. The van der Waals surface area contributed by atoms with Crippen LogP contribution in [0, 0.1) is 0 Å². The zero-order valence-electron chi connectivity index (χ0n) is 10.6. The summed E-state index contributed by atoms with van der Waals surface area (Å²) in [6.07, 6.45) is 0.439. The molecule has 0 atom stereocenters. The van der Waals surface area contributed by atoms with Crippen molar-refractivity contribution in [3.8, 4) is 0 Å². The summed E-state index contributed by atoms with van der Waals surface area (Å²) in [5.74, 6) is 0. The molecule has 18 heavy (non-hydrogen) atoms. The van der Waals surface area contributed by atoms with Crippen molar-refractivity contribution in [1.29, 1.82) is 0 Å². The van der Waals surface area contributed by atoms with Crippen LogP contribution < -0.4 is 5.32 Å². The molecule has 3 nitrogen and oxygen atoms in total. The fourth-order valence-electron chi connectivity index (χ4n) is 1.70. The summed E-state index contributed by atoms with van der Waals surface area (Å²) in [5, 5.41) is 3.25. The molecule has 1 rings (SSSR count). The van der Waals surface area contributed by atoms with E-state index in [1.807, 2.05) is 4.57 Å². The predicted octanol–water partition coefficient (Wildman–Crippen LogP) is 3.12. The summed E-state index contributed by atoms with van der Waals surface area (Å²) in [6.45, 7) is 4.33. The van der Waals surface area contributed by atoms with Crippen LogP contribution in [0.25, 0.3) is 0 Å². The number of unbranched alkanes of at least 4 members (excludes halogenated alkanes) is 1. The van der Waals surface area contributed by atoms with Gasteiger partial charge in [-0.2, -0.15) is 13.2 Å². The summed E-state index contributed by atoms with van der Waals surface area (Å²) >= 11 is 0. The maximum absolute atomic E-state index is 12.0. The second-order valence-corrected chi connectivity index (χ2v) is 4.33. The molecule has 1 aromatic heterocycles. The van der Waals surface area contributed by atoms with Crippen molar-refractivity contribution in [2.75, 3.05) is 6.54 Å². The van der Waals surface area contributed by atoms with E-state index in [2.05, 4.69) is 17.2 Å². The van der Waals surface area contributed by atoms with E-state index in [1.54, 1.807) is 12.5 Å². The van der Waals surface area contributed by atoms with Gasteiger partial charge in [-0.1, -0.05) is 6.92 Å². The normalized spacial score (nSPS) is 12.0. The minimum Gasteiger partial charge on any atom is -0.333 e. The van der Waals surface area contributed by atoms with E-state index in [-0.39, 0.29) is 6.42 Å². The minimum absolute atomic E-state index is 0.170. The quantitative estimate of drug-likeness (QED) is 0.730. The first kappa shape index (κ1) is 15.0. The van der Waals surface area contributed by atoms with E-state index in [4.69, 9.17) is 0 Å². The smallest absolute Gasteiger partial charge is 0.333 e. The van der Waals surface area contributed by atoms with Crippen LogP contribution in [0.5, 0.6) is 0 Å². The molecule has 0 radical (unpaired) electrons. The third kappa shape index (κ3) is 6.05. The highest BCUT2D eigenvalue weighted by Gasteiger charge is 2.25. The second kappa shape index (κ2) is 7.41. The zero-order chi connectivity index (χ0) is 13.4. The van der Waals surface area contributed by atoms with Crippen LogP contribution in [0.4, 0.5) is 13.2 Å². The number of aryl methyl sites for hydroxylation is 1. The number of hydrogen-bond acceptors (Lipinski definition) is 2. The molecule has 0 fully saturated rings. The second-order valence-electron chi connectivity index (χ2n) is 4.33. The van der Waals surface area contributed by atoms with Crippen LogP contribution >= 0.6 is 0 Å². The first-order valence-electron chi connectivity index (χ1n) is 6.29. The molecule has 0 bridgehead atoms. The molecule has 0 amide bonds. The van der Waals surface area contributed by atoms with Gasteiger partial charge in [0.25, 0.3) is 0 Å². The topological polar surface area (TPSA) is 29.9 Å². The van der Waals surface area contributed by atoms with Crippen molar-refractivity contribution >= 4 is 0 Å². The fraction of sp³-hybridized carbons (Fsp3) is 0.750. The van der Waals surface area contributed by atoms with Gasteiger partial charge in [0.2, 0.25) is 0 Å². The van der Waals surface area contributed by atoms with Crippen molar-refractivity contribution in [3.63, 3.8) is 0 Å². The number of rotatable bonds is 8. The summed E-state index contributed by atoms with van der Waals surface area (Å²) in [5.41, 5.74) is 1.02. The van der Waals surface area contributed by atoms with Gasteiger partial charge < -0.3 is 9.88 Å². The molecule has 6 heteroatoms. The molecule has 0 saturated heterocycles. The Morgan fingerprint density at radius 2 is 2.11 bits per heavy atom. The van der Waals surface area contributed by atoms with Crippen LogP contribution in [0.3, 0.4) is 0 Å². The van der Waals surface area contributed by atoms with Gasteiger partial charge in [-0.25, -0.2) is 4.98 Å². The Bertz CT molecular complexity index is 334. The molecular formula is C12H20F3N3. The molecule has 0 saturated carbocycles. The SMILES string of the molecule is CCCNCc1cncn1CCCCC(F)(F)F. The monoisotopic (exact) mass is 263 g/mol. The van der Waals surface area contributed by atoms with Crippen LogP contribution in [0.15, 0.2) is 12.5 Å². The van der Waals surface area contributed by atoms with Crippen molar-refractivity contribution in [1.82, 2.24) is 14.9 Å². The third-order valence-electron chi connectivity index (χ3n) is 2.64. The van der Waals surface area contributed by atoms with Gasteiger partial charge in [-0.3, -0.25) is 0 Å². The molecule has 1 N–H and O–H groups in total. The van der Waals surface area contributed by atoms with Gasteiger partial charge in [0.1, 0.15) is 0 Å². The number of nitrogens with zero attached hydrogens (tertiary/aromatic N) is 2. The Morgan fingerprint density at radius 1 is 1.33 bits per heavy atom. The highest BCUT2D eigenvalue weighted by Crippen LogP contribution is 2.22. The molecule has 104 valence electrons. The van der Waals surface area contributed by atoms with Crippen LogP contribution in [0.1, 0.15) is 38.3 Å². The van der Waals surface area contributed by atoms with Crippen molar-refractivity contribution in [2.24, 2.45) is 0 Å². The van der Waals surface area contributed by atoms with Gasteiger partial charge in [0.15, 0.2) is 0 Å². The molecule has 0 aliphatic rings. The van der Waals surface area contributed by atoms with E-state index in [1.165, 1.54) is 0 Å². The predicted molar refractivity (Wildman–Crippen MR) is 64.1 cm³/mol. The Morgan fingerprint density at radius 3 is 2.78 bits per heavy atom. The molecule has 0 aliphatic heterocycles. The van der Waals surface area contributed by atoms with E-state index >= 15 is 0 Å². The average molecular weight is 263 g/mol. The van der Waals surface area contributed by atoms with Gasteiger partial charge >= 0.3 is 6.18 Å². The van der Waals surface area contributed by atoms with Gasteiger partial charge in [0, 0.05) is 25.7 Å². The lowest BCUT2D eigenvalue weighted by molar-refractivity contribution is -0.135. The minimum atomic E-state index is -4.04. The first-order valence-corrected chi connectivity index (χ1v) is 6.29. The Kier molecular flexibility index (Phi) is 6.18. The van der Waals surface area contributed by atoms with Crippen molar-refractivity contribution in [3.05, 3.63) is 18.2 Å². The molecular weight excluding hydrogens is 243 g/mol. The lowest BCUT2D eigenvalue weighted by Crippen LogP contribution is -2.17. The number of halogens is 3. The molecule has 0 spiro atoms. The lowest BCUT2D eigenvalue weighted by Gasteiger charge is -2.09. The van der Waals surface area contributed by atoms with E-state index in [0.717, 1.165) is 18.7 Å². The molecule has 0 aliphatic carbocycles. The van der Waals surface area contributed by atoms with E-state index in [0.29, 0.717) is 19.5 Å². The standard InChI is InChI=1S/C12H20F3N3/c1-2-6-16-8-11-9-17-10-18(11)7-4-3-5-12(13,14)15/h9-10,16H,2-8H2,1H3. The lowest BCUT2D eigenvalue weighted by atomic mass is 10.2. The fourth-order valence-corrected chi connectivity index (χ4v) is 1.70. The molecule has 1 aromatic rings. The Labute approximate surface area is 105 Å². The van der Waals surface area contributed by atoms with Crippen LogP contribution in [0.2, 0.25) is 0 Å². The van der Waals surface area contributed by atoms with Crippen LogP contribution in [-0.2, 0) is 13.1 Å². The zero-order valence-corrected chi connectivity index (χ0v) is 10.6. The van der Waals surface area contributed by atoms with Crippen LogP contribution in [-0.4, -0.2) is 22.3 Å². The number of aromatic nitrogens is 2. The number of imidazole rings is 1. The summed E-state index contributed by atoms with van der Waals surface area (Å²) in [7, 11) is 0. The highest BCUT2D eigenvalue weighted by molar-refractivity contribution is 4.97. The van der Waals surface area contributed by atoms with Gasteiger partial charge in [-0.05, 0) is 25.8 Å². The molecule has 1 heterocycles. The van der Waals surface area contributed by atoms with Crippen molar-refractivity contribution < 1.29 is 13.2 Å². The van der Waals surface area contributed by atoms with Gasteiger partial charge in [0.05, 0.1) is 12.0 Å². The largest absolute Gasteiger partial charge is 0.389 e. The van der Waals surface area contributed by atoms with Gasteiger partial charge in [-0.15, -0.1) is 0 Å². The number of nitrogens with one attached hydrogen (secondary N) is 1. The highest BCUT2D eigenvalue weighted by atomic mass is 19.4. The number of hydrogen-bond donors (Lipinski definition) is 1. The summed E-state index contributed by atoms with van der Waals surface area (Å²) < 4.78 is 37.8. The van der Waals surface area contributed by atoms with E-state index < -0.39 is 12.6 Å². The number of alkyl halides is 3. The first-order chi connectivity index (χ1) is 8.53. The molecule has 0 aromatic carbocycles. The maximum Gasteiger partial charge on any atom is 0.389 e. The third-order valence-corrected chi connectivity index (χ3v) is 2.64. The van der Waals surface area contributed by atoms with E-state index in [9.17, 15) is 13.2 Å². The summed E-state index contributed by atoms with van der Waals surface area (Å²) in [4.78, 5) is 4.03. The Balaban J connectivity index is 2.27. The van der Waals surface area contributed by atoms with Crippen molar-refractivity contribution in [2.45, 2.75) is 51.9 Å². The maximum atomic E-state index is 12.0.